The van der Waals surface area contributed by atoms with E-state index < -0.39 is 0 Å². The highest BCUT2D eigenvalue weighted by atomic mass is 16.2. The molecule has 0 spiro atoms. The lowest BCUT2D eigenvalue weighted by atomic mass is 9.83. The first kappa shape index (κ1) is 7.35. The van der Waals surface area contributed by atoms with Gasteiger partial charge in [0.1, 0.15) is 0 Å². The Bertz CT molecular complexity index is 266. The summed E-state index contributed by atoms with van der Waals surface area (Å²) in [5.74, 6) is 1.07. The third-order valence-corrected chi connectivity index (χ3v) is 2.30. The van der Waals surface area contributed by atoms with Gasteiger partial charge in [0.05, 0.1) is 0 Å². The van der Waals surface area contributed by atoms with Crippen LogP contribution < -0.4 is 0 Å². The summed E-state index contributed by atoms with van der Waals surface area (Å²) >= 11 is 0. The smallest absolute Gasteiger partial charge is 0.227 e. The van der Waals surface area contributed by atoms with Gasteiger partial charge in [-0.05, 0) is 0 Å². The van der Waals surface area contributed by atoms with Crippen molar-refractivity contribution >= 4 is 5.91 Å². The van der Waals surface area contributed by atoms with Crippen molar-refractivity contribution in [2.45, 2.75) is 6.92 Å². The first-order chi connectivity index (χ1) is 5.77. The number of carbonyl (C=O) groups excluding carboxylic acids is 1. The van der Waals surface area contributed by atoms with Gasteiger partial charge in [-0.1, -0.05) is 24.3 Å². The number of hydrogen-bond donors (Lipinski definition) is 0. The summed E-state index contributed by atoms with van der Waals surface area (Å²) < 4.78 is 0. The maximum Gasteiger partial charge on any atom is 0.227 e. The van der Waals surface area contributed by atoms with Crippen LogP contribution in [-0.4, -0.2) is 10.8 Å². The van der Waals surface area contributed by atoms with Crippen LogP contribution >= 0.6 is 0 Å². The van der Waals surface area contributed by atoms with E-state index in [1.54, 1.807) is 11.8 Å². The Labute approximate surface area is 71.9 Å². The largest absolute Gasteiger partial charge is 0.296 e. The summed E-state index contributed by atoms with van der Waals surface area (Å²) in [5, 5.41) is 0. The van der Waals surface area contributed by atoms with E-state index in [1.165, 1.54) is 0 Å². The van der Waals surface area contributed by atoms with Gasteiger partial charge in [-0.15, -0.1) is 0 Å². The highest BCUT2D eigenvalue weighted by Crippen LogP contribution is 2.29. The number of amides is 1. The third kappa shape index (κ3) is 1.09. The second-order valence-corrected chi connectivity index (χ2v) is 3.15. The van der Waals surface area contributed by atoms with E-state index >= 15 is 0 Å². The molecule has 1 heterocycles. The first-order valence-corrected chi connectivity index (χ1v) is 4.11. The zero-order chi connectivity index (χ0) is 8.55. The standard InChI is InChI=1S/C10H11NO/c1-8(12)11-6-4-9-2-3-10(9)5-7-11/h2-7,9-10H,1H3. The maximum atomic E-state index is 11.0. The second-order valence-electron chi connectivity index (χ2n) is 3.15. The predicted molar refractivity (Wildman–Crippen MR) is 46.9 cm³/mol. The van der Waals surface area contributed by atoms with Crippen LogP contribution in [0.2, 0.25) is 0 Å². The first-order valence-electron chi connectivity index (χ1n) is 4.11. The SMILES string of the molecule is CC(=O)N1C=CC2C=CC2C=C1. The number of nitrogens with zero attached hydrogens (tertiary/aromatic N) is 1. The molecule has 0 saturated carbocycles. The van der Waals surface area contributed by atoms with Crippen LogP contribution in [0.15, 0.2) is 36.7 Å². The van der Waals surface area contributed by atoms with E-state index in [0.29, 0.717) is 11.8 Å². The minimum atomic E-state index is 0.0591. The topological polar surface area (TPSA) is 20.3 Å². The van der Waals surface area contributed by atoms with Crippen LogP contribution in [0.3, 0.4) is 0 Å². The van der Waals surface area contributed by atoms with Crippen LogP contribution in [0.1, 0.15) is 6.92 Å². The van der Waals surface area contributed by atoms with E-state index in [2.05, 4.69) is 24.3 Å². The maximum absolute atomic E-state index is 11.0. The molecule has 0 fully saturated rings. The quantitative estimate of drug-likeness (QED) is 0.495. The van der Waals surface area contributed by atoms with Crippen molar-refractivity contribution in [3.8, 4) is 0 Å². The fraction of sp³-hybridized carbons (Fsp3) is 0.300. The van der Waals surface area contributed by atoms with Crippen molar-refractivity contribution in [3.63, 3.8) is 0 Å². The van der Waals surface area contributed by atoms with E-state index in [4.69, 9.17) is 0 Å². The van der Waals surface area contributed by atoms with Gasteiger partial charge in [0.15, 0.2) is 0 Å². The summed E-state index contributed by atoms with van der Waals surface area (Å²) in [6, 6.07) is 0. The molecule has 0 aromatic carbocycles. The molecule has 0 radical (unpaired) electrons. The number of allylic oxidation sites excluding steroid dienone is 4. The molecule has 0 saturated heterocycles. The molecular weight excluding hydrogens is 150 g/mol. The molecule has 2 aliphatic rings. The van der Waals surface area contributed by atoms with Gasteiger partial charge in [-0.3, -0.25) is 9.69 Å². The molecule has 1 amide bonds. The molecule has 1 aliphatic heterocycles. The molecule has 2 atom stereocenters. The summed E-state index contributed by atoms with van der Waals surface area (Å²) in [6.45, 7) is 1.56. The van der Waals surface area contributed by atoms with Crippen LogP contribution in [-0.2, 0) is 4.79 Å². The molecule has 12 heavy (non-hydrogen) atoms. The van der Waals surface area contributed by atoms with E-state index in [9.17, 15) is 4.79 Å². The second kappa shape index (κ2) is 2.63. The lowest BCUT2D eigenvalue weighted by molar-refractivity contribution is -0.124. The molecule has 1 aliphatic carbocycles. The molecule has 0 aromatic heterocycles. The number of rotatable bonds is 0. The van der Waals surface area contributed by atoms with Gasteiger partial charge in [-0.2, -0.15) is 0 Å². The molecular formula is C10H11NO. The Morgan fingerprint density at radius 3 is 1.92 bits per heavy atom. The Morgan fingerprint density at radius 1 is 1.08 bits per heavy atom. The van der Waals surface area contributed by atoms with E-state index in [-0.39, 0.29) is 5.91 Å². The predicted octanol–water partition coefficient (Wildman–Crippen LogP) is 1.68. The van der Waals surface area contributed by atoms with Gasteiger partial charge in [0, 0.05) is 31.2 Å². The lowest BCUT2D eigenvalue weighted by Gasteiger charge is -2.21. The van der Waals surface area contributed by atoms with Gasteiger partial charge < -0.3 is 0 Å². The number of carbonyl (C=O) groups is 1. The zero-order valence-electron chi connectivity index (χ0n) is 6.97. The number of fused-ring (bicyclic) bond motifs is 1. The Kier molecular flexibility index (Phi) is 1.61. The minimum absolute atomic E-state index is 0.0591. The third-order valence-electron chi connectivity index (χ3n) is 2.30. The van der Waals surface area contributed by atoms with Crippen LogP contribution in [0.5, 0.6) is 0 Å². The number of hydrogen-bond acceptors (Lipinski definition) is 1. The van der Waals surface area contributed by atoms with E-state index in [1.807, 2.05) is 12.4 Å². The molecule has 2 nitrogen and oxygen atoms in total. The zero-order valence-corrected chi connectivity index (χ0v) is 6.97. The molecule has 0 N–H and O–H groups in total. The monoisotopic (exact) mass is 161 g/mol. The molecule has 0 bridgehead atoms. The minimum Gasteiger partial charge on any atom is -0.296 e. The highest BCUT2D eigenvalue weighted by Gasteiger charge is 2.21. The van der Waals surface area contributed by atoms with Crippen molar-refractivity contribution in [2.75, 3.05) is 0 Å². The molecule has 0 aromatic rings. The van der Waals surface area contributed by atoms with Crippen molar-refractivity contribution in [3.05, 3.63) is 36.7 Å². The van der Waals surface area contributed by atoms with Gasteiger partial charge in [-0.25, -0.2) is 0 Å². The van der Waals surface area contributed by atoms with Crippen molar-refractivity contribution in [1.29, 1.82) is 0 Å². The van der Waals surface area contributed by atoms with Crippen molar-refractivity contribution < 1.29 is 4.79 Å². The van der Waals surface area contributed by atoms with Gasteiger partial charge >= 0.3 is 0 Å². The van der Waals surface area contributed by atoms with Crippen molar-refractivity contribution in [1.82, 2.24) is 4.90 Å². The summed E-state index contributed by atoms with van der Waals surface area (Å²) in [7, 11) is 0. The van der Waals surface area contributed by atoms with Crippen LogP contribution in [0, 0.1) is 11.8 Å². The lowest BCUT2D eigenvalue weighted by Crippen LogP contribution is -2.14. The molecule has 62 valence electrons. The average Bonchev–Trinajstić information content (AvgIpc) is 2.10. The molecule has 2 unspecified atom stereocenters. The fourth-order valence-corrected chi connectivity index (χ4v) is 1.40. The Hall–Kier alpha value is -1.31. The normalized spacial score (nSPS) is 30.9. The van der Waals surface area contributed by atoms with Gasteiger partial charge in [0.25, 0.3) is 0 Å². The summed E-state index contributed by atoms with van der Waals surface area (Å²) in [6.07, 6.45) is 12.1. The fourth-order valence-electron chi connectivity index (χ4n) is 1.40. The molecule has 2 heteroatoms. The van der Waals surface area contributed by atoms with Gasteiger partial charge in [0.2, 0.25) is 5.91 Å². The van der Waals surface area contributed by atoms with Crippen LogP contribution in [0.25, 0.3) is 0 Å². The Morgan fingerprint density at radius 2 is 1.58 bits per heavy atom. The summed E-state index contributed by atoms with van der Waals surface area (Å²) in [5.41, 5.74) is 0. The van der Waals surface area contributed by atoms with Crippen molar-refractivity contribution in [2.24, 2.45) is 11.8 Å². The Balaban J connectivity index is 2.19. The van der Waals surface area contributed by atoms with E-state index in [0.717, 1.165) is 0 Å². The highest BCUT2D eigenvalue weighted by molar-refractivity contribution is 5.75. The summed E-state index contributed by atoms with van der Waals surface area (Å²) in [4.78, 5) is 12.6. The average molecular weight is 161 g/mol. The molecule has 2 rings (SSSR count). The van der Waals surface area contributed by atoms with Crippen LogP contribution in [0.4, 0.5) is 0 Å².